The predicted octanol–water partition coefficient (Wildman–Crippen LogP) is 5.83. The van der Waals surface area contributed by atoms with Crippen LogP contribution in [0.25, 0.3) is 0 Å². The number of hydrogen-bond acceptors (Lipinski definition) is 0. The number of aryl methyl sites for hydroxylation is 1. The lowest BCUT2D eigenvalue weighted by Gasteiger charge is -2.13. The van der Waals surface area contributed by atoms with Crippen molar-refractivity contribution in [1.82, 2.24) is 0 Å². The van der Waals surface area contributed by atoms with Crippen LogP contribution < -0.4 is 0 Å². The van der Waals surface area contributed by atoms with Crippen molar-refractivity contribution in [2.24, 2.45) is 0 Å². The number of hydrogen-bond donors (Lipinski definition) is 0. The van der Waals surface area contributed by atoms with Crippen molar-refractivity contribution in [1.29, 1.82) is 0 Å². The molecule has 0 aliphatic rings. The van der Waals surface area contributed by atoms with Crippen molar-refractivity contribution in [2.45, 2.75) is 12.3 Å². The maximum atomic E-state index is 13.3. The Morgan fingerprint density at radius 1 is 1.22 bits per heavy atom. The van der Waals surface area contributed by atoms with Crippen LogP contribution in [-0.4, -0.2) is 0 Å². The molecule has 94 valence electrons. The Kier molecular flexibility index (Phi) is 4.67. The predicted molar refractivity (Wildman–Crippen MR) is 85.7 cm³/mol. The number of alkyl halides is 1. The minimum absolute atomic E-state index is 0.204. The number of rotatable bonds is 2. The van der Waals surface area contributed by atoms with Gasteiger partial charge in [0.05, 0.1) is 5.38 Å². The first kappa shape index (κ1) is 14.3. The van der Waals surface area contributed by atoms with Gasteiger partial charge in [0, 0.05) is 8.04 Å². The maximum Gasteiger partial charge on any atom is 0.126 e. The Bertz CT molecular complexity index is 586. The van der Waals surface area contributed by atoms with Gasteiger partial charge >= 0.3 is 0 Å². The van der Waals surface area contributed by atoms with Gasteiger partial charge in [-0.2, -0.15) is 0 Å². The minimum atomic E-state index is -0.284. The van der Waals surface area contributed by atoms with Crippen LogP contribution >= 0.6 is 50.1 Å². The van der Waals surface area contributed by atoms with Crippen molar-refractivity contribution >= 4 is 50.1 Å². The Balaban J connectivity index is 2.44. The lowest BCUT2D eigenvalue weighted by atomic mass is 10.0. The molecular formula is C14H10BrClFI. The highest BCUT2D eigenvalue weighted by atomic mass is 127. The number of benzene rings is 2. The van der Waals surface area contributed by atoms with Crippen molar-refractivity contribution in [3.63, 3.8) is 0 Å². The fourth-order valence-corrected chi connectivity index (χ4v) is 3.15. The van der Waals surface area contributed by atoms with Crippen molar-refractivity contribution in [2.75, 3.05) is 0 Å². The van der Waals surface area contributed by atoms with E-state index in [0.717, 1.165) is 19.2 Å². The van der Waals surface area contributed by atoms with E-state index in [1.807, 2.05) is 18.2 Å². The molecule has 2 rings (SSSR count). The lowest BCUT2D eigenvalue weighted by molar-refractivity contribution is 0.617. The monoisotopic (exact) mass is 438 g/mol. The molecule has 4 heteroatoms. The minimum Gasteiger partial charge on any atom is -0.207 e. The Morgan fingerprint density at radius 3 is 2.61 bits per heavy atom. The molecule has 2 aromatic rings. The SMILES string of the molecule is Cc1cc(C(Cl)c2cc(I)ccc2Br)ccc1F. The molecule has 0 bridgehead atoms. The summed E-state index contributed by atoms with van der Waals surface area (Å²) >= 11 is 12.2. The zero-order valence-electron chi connectivity index (χ0n) is 9.55. The van der Waals surface area contributed by atoms with Crippen LogP contribution in [0.1, 0.15) is 22.1 Å². The normalized spacial score (nSPS) is 12.5. The van der Waals surface area contributed by atoms with E-state index in [1.165, 1.54) is 6.07 Å². The van der Waals surface area contributed by atoms with Crippen molar-refractivity contribution in [3.8, 4) is 0 Å². The zero-order chi connectivity index (χ0) is 13.3. The Hall–Kier alpha value is -0.130. The van der Waals surface area contributed by atoms with Gasteiger partial charge in [0.15, 0.2) is 0 Å². The van der Waals surface area contributed by atoms with Crippen molar-refractivity contribution < 1.29 is 4.39 Å². The quantitative estimate of drug-likeness (QED) is 0.408. The highest BCUT2D eigenvalue weighted by Crippen LogP contribution is 2.35. The smallest absolute Gasteiger partial charge is 0.126 e. The molecule has 0 aromatic heterocycles. The average Bonchev–Trinajstić information content (AvgIpc) is 2.35. The van der Waals surface area contributed by atoms with Crippen LogP contribution in [0.4, 0.5) is 4.39 Å². The van der Waals surface area contributed by atoms with Gasteiger partial charge < -0.3 is 0 Å². The third kappa shape index (κ3) is 3.06. The van der Waals surface area contributed by atoms with Crippen LogP contribution in [0.5, 0.6) is 0 Å². The van der Waals surface area contributed by atoms with Crippen LogP contribution in [0, 0.1) is 16.3 Å². The molecule has 1 atom stereocenters. The van der Waals surface area contributed by atoms with Gasteiger partial charge in [-0.1, -0.05) is 28.1 Å². The highest BCUT2D eigenvalue weighted by molar-refractivity contribution is 14.1. The second-order valence-electron chi connectivity index (χ2n) is 4.04. The topological polar surface area (TPSA) is 0 Å². The third-order valence-corrected chi connectivity index (χ3v) is 4.59. The van der Waals surface area contributed by atoms with Gasteiger partial charge in [-0.05, 0) is 70.5 Å². The van der Waals surface area contributed by atoms with Crippen LogP contribution in [0.15, 0.2) is 40.9 Å². The molecule has 0 amide bonds. The second kappa shape index (κ2) is 5.88. The van der Waals surface area contributed by atoms with Crippen LogP contribution in [-0.2, 0) is 0 Å². The summed E-state index contributed by atoms with van der Waals surface area (Å²) in [7, 11) is 0. The van der Waals surface area contributed by atoms with Gasteiger partial charge in [0.2, 0.25) is 0 Å². The molecule has 0 heterocycles. The molecule has 0 saturated carbocycles. The Morgan fingerprint density at radius 2 is 1.94 bits per heavy atom. The fourth-order valence-electron chi connectivity index (χ4n) is 1.71. The second-order valence-corrected chi connectivity index (χ2v) is 6.57. The molecule has 0 radical (unpaired) electrons. The Labute approximate surface area is 133 Å². The van der Waals surface area contributed by atoms with Gasteiger partial charge in [0.1, 0.15) is 5.82 Å². The van der Waals surface area contributed by atoms with E-state index in [0.29, 0.717) is 5.56 Å². The van der Waals surface area contributed by atoms with Gasteiger partial charge in [-0.25, -0.2) is 4.39 Å². The molecule has 0 N–H and O–H groups in total. The first-order valence-corrected chi connectivity index (χ1v) is 7.65. The highest BCUT2D eigenvalue weighted by Gasteiger charge is 2.15. The summed E-state index contributed by atoms with van der Waals surface area (Å²) in [5, 5.41) is -0.284. The molecule has 0 spiro atoms. The molecule has 0 aliphatic carbocycles. The maximum absolute atomic E-state index is 13.3. The van der Waals surface area contributed by atoms with E-state index in [2.05, 4.69) is 38.5 Å². The summed E-state index contributed by atoms with van der Waals surface area (Å²) in [5.41, 5.74) is 2.51. The van der Waals surface area contributed by atoms with Gasteiger partial charge in [-0.15, -0.1) is 11.6 Å². The summed E-state index contributed by atoms with van der Waals surface area (Å²) in [4.78, 5) is 0. The average molecular weight is 439 g/mol. The van der Waals surface area contributed by atoms with E-state index in [-0.39, 0.29) is 11.2 Å². The van der Waals surface area contributed by atoms with Crippen LogP contribution in [0.3, 0.4) is 0 Å². The first-order valence-electron chi connectivity index (χ1n) is 5.34. The molecule has 1 unspecified atom stereocenters. The van der Waals surface area contributed by atoms with Gasteiger partial charge in [0.25, 0.3) is 0 Å². The summed E-state index contributed by atoms with van der Waals surface area (Å²) in [6, 6.07) is 11.0. The van der Waals surface area contributed by atoms with Gasteiger partial charge in [-0.3, -0.25) is 0 Å². The molecule has 0 aliphatic heterocycles. The summed E-state index contributed by atoms with van der Waals surface area (Å²) < 4.78 is 15.3. The lowest BCUT2D eigenvalue weighted by Crippen LogP contribution is -1.97. The van der Waals surface area contributed by atoms with E-state index in [4.69, 9.17) is 11.6 Å². The zero-order valence-corrected chi connectivity index (χ0v) is 14.1. The molecule has 0 nitrogen and oxygen atoms in total. The standard InChI is InChI=1S/C14H10BrClFI/c1-8-6-9(2-5-13(8)17)14(16)11-7-10(18)3-4-12(11)15/h2-7,14H,1H3. The van der Waals surface area contributed by atoms with E-state index in [9.17, 15) is 4.39 Å². The number of halogens is 4. The first-order chi connectivity index (χ1) is 8.49. The molecule has 18 heavy (non-hydrogen) atoms. The summed E-state index contributed by atoms with van der Waals surface area (Å²) in [5.74, 6) is -0.204. The van der Waals surface area contributed by atoms with Crippen molar-refractivity contribution in [3.05, 3.63) is 66.9 Å². The largest absolute Gasteiger partial charge is 0.207 e. The third-order valence-electron chi connectivity index (χ3n) is 2.71. The van der Waals surface area contributed by atoms with Crippen LogP contribution in [0.2, 0.25) is 0 Å². The summed E-state index contributed by atoms with van der Waals surface area (Å²) in [6.45, 7) is 1.74. The van der Waals surface area contributed by atoms with E-state index < -0.39 is 0 Å². The molecule has 0 fully saturated rings. The molecular weight excluding hydrogens is 429 g/mol. The molecule has 2 aromatic carbocycles. The van der Waals surface area contributed by atoms with E-state index >= 15 is 0 Å². The summed E-state index contributed by atoms with van der Waals surface area (Å²) in [6.07, 6.45) is 0. The molecule has 0 saturated heterocycles. The fraction of sp³-hybridized carbons (Fsp3) is 0.143. The van der Waals surface area contributed by atoms with E-state index in [1.54, 1.807) is 19.1 Å².